The fraction of sp³-hybridized carbons (Fsp3) is 0.538. The molecule has 1 aromatic carbocycles. The molecule has 1 atom stereocenters. The highest BCUT2D eigenvalue weighted by Crippen LogP contribution is 2.33. The number of hydrogen-bond acceptors (Lipinski definition) is 2. The molecule has 1 saturated heterocycles. The summed E-state index contributed by atoms with van der Waals surface area (Å²) in [7, 11) is 0. The van der Waals surface area contributed by atoms with Crippen molar-refractivity contribution in [1.82, 2.24) is 0 Å². The van der Waals surface area contributed by atoms with Gasteiger partial charge in [-0.25, -0.2) is 0 Å². The first-order valence-corrected chi connectivity index (χ1v) is 6.80. The molecular formula is C13H19BrN2. The molecule has 88 valence electrons. The molecule has 0 saturated carbocycles. The van der Waals surface area contributed by atoms with Crippen LogP contribution in [0.4, 0.5) is 5.69 Å². The van der Waals surface area contributed by atoms with E-state index in [1.807, 2.05) is 0 Å². The van der Waals surface area contributed by atoms with E-state index in [1.165, 1.54) is 41.5 Å². The van der Waals surface area contributed by atoms with Gasteiger partial charge in [0.05, 0.1) is 5.69 Å². The van der Waals surface area contributed by atoms with Gasteiger partial charge in [0, 0.05) is 23.6 Å². The zero-order valence-corrected chi connectivity index (χ0v) is 11.3. The fourth-order valence-corrected chi connectivity index (χ4v) is 3.14. The van der Waals surface area contributed by atoms with Crippen molar-refractivity contribution in [2.45, 2.75) is 38.8 Å². The molecule has 16 heavy (non-hydrogen) atoms. The molecule has 0 radical (unpaired) electrons. The zero-order valence-electron chi connectivity index (χ0n) is 9.75. The van der Waals surface area contributed by atoms with E-state index in [0.29, 0.717) is 12.6 Å². The van der Waals surface area contributed by atoms with Crippen molar-refractivity contribution < 1.29 is 0 Å². The molecule has 2 N–H and O–H groups in total. The summed E-state index contributed by atoms with van der Waals surface area (Å²) in [5, 5.41) is 0. The Bertz CT molecular complexity index is 365. The van der Waals surface area contributed by atoms with Crippen LogP contribution in [0.3, 0.4) is 0 Å². The second-order valence-electron chi connectivity index (χ2n) is 4.39. The van der Waals surface area contributed by atoms with Crippen LogP contribution in [0.1, 0.15) is 31.7 Å². The molecule has 1 fully saturated rings. The maximum atomic E-state index is 5.64. The van der Waals surface area contributed by atoms with Gasteiger partial charge in [-0.3, -0.25) is 0 Å². The van der Waals surface area contributed by atoms with Crippen LogP contribution in [0.5, 0.6) is 0 Å². The Labute approximate surface area is 106 Å². The van der Waals surface area contributed by atoms with Gasteiger partial charge in [0.25, 0.3) is 0 Å². The van der Waals surface area contributed by atoms with Gasteiger partial charge in [0.15, 0.2) is 0 Å². The minimum Gasteiger partial charge on any atom is -0.368 e. The highest BCUT2D eigenvalue weighted by molar-refractivity contribution is 9.10. The number of nitrogens with zero attached hydrogens (tertiary/aromatic N) is 1. The summed E-state index contributed by atoms with van der Waals surface area (Å²) in [6.07, 6.45) is 3.86. The van der Waals surface area contributed by atoms with Crippen molar-refractivity contribution in [2.24, 2.45) is 5.73 Å². The average molecular weight is 283 g/mol. The van der Waals surface area contributed by atoms with E-state index in [9.17, 15) is 0 Å². The molecule has 2 rings (SSSR count). The van der Waals surface area contributed by atoms with Gasteiger partial charge in [-0.15, -0.1) is 0 Å². The minimum atomic E-state index is 0.607. The monoisotopic (exact) mass is 282 g/mol. The number of nitrogens with two attached hydrogens (primary N) is 1. The second-order valence-corrected chi connectivity index (χ2v) is 5.24. The Morgan fingerprint density at radius 3 is 2.94 bits per heavy atom. The molecule has 1 aliphatic rings. The molecule has 2 nitrogen and oxygen atoms in total. The Balaban J connectivity index is 2.26. The first kappa shape index (κ1) is 11.9. The molecule has 0 bridgehead atoms. The molecule has 0 spiro atoms. The Hall–Kier alpha value is -0.540. The topological polar surface area (TPSA) is 29.3 Å². The van der Waals surface area contributed by atoms with Crippen molar-refractivity contribution in [2.75, 3.05) is 11.4 Å². The normalized spacial score (nSPS) is 20.4. The van der Waals surface area contributed by atoms with Crippen LogP contribution in [0.15, 0.2) is 22.7 Å². The average Bonchev–Trinajstić information content (AvgIpc) is 2.76. The number of halogens is 1. The molecule has 0 amide bonds. The standard InChI is InChI=1S/C13H19BrN2/c1-2-11-4-3-7-16(11)13-6-5-10(9-15)8-12(13)14/h5-6,8,11H,2-4,7,9,15H2,1H3. The lowest BCUT2D eigenvalue weighted by atomic mass is 10.1. The van der Waals surface area contributed by atoms with Gasteiger partial charge in [0.2, 0.25) is 0 Å². The van der Waals surface area contributed by atoms with Crippen molar-refractivity contribution >= 4 is 21.6 Å². The zero-order chi connectivity index (χ0) is 11.5. The van der Waals surface area contributed by atoms with E-state index in [4.69, 9.17) is 5.73 Å². The summed E-state index contributed by atoms with van der Waals surface area (Å²) in [5.41, 5.74) is 8.15. The van der Waals surface area contributed by atoms with E-state index < -0.39 is 0 Å². The largest absolute Gasteiger partial charge is 0.368 e. The van der Waals surface area contributed by atoms with E-state index in [2.05, 4.69) is 46.0 Å². The molecule has 3 heteroatoms. The number of hydrogen-bond donors (Lipinski definition) is 1. The summed E-state index contributed by atoms with van der Waals surface area (Å²) >= 11 is 3.66. The van der Waals surface area contributed by atoms with Crippen molar-refractivity contribution in [3.05, 3.63) is 28.2 Å². The summed E-state index contributed by atoms with van der Waals surface area (Å²) in [6.45, 7) is 4.06. The highest BCUT2D eigenvalue weighted by Gasteiger charge is 2.24. The molecule has 0 aliphatic carbocycles. The van der Waals surface area contributed by atoms with Crippen LogP contribution >= 0.6 is 15.9 Å². The molecule has 1 unspecified atom stereocenters. The fourth-order valence-electron chi connectivity index (χ4n) is 2.49. The molecule has 1 aromatic rings. The van der Waals surface area contributed by atoms with Crippen molar-refractivity contribution in [1.29, 1.82) is 0 Å². The highest BCUT2D eigenvalue weighted by atomic mass is 79.9. The van der Waals surface area contributed by atoms with Crippen LogP contribution in [0.2, 0.25) is 0 Å². The summed E-state index contributed by atoms with van der Waals surface area (Å²) in [5.74, 6) is 0. The van der Waals surface area contributed by atoms with Gasteiger partial charge in [-0.05, 0) is 52.9 Å². The first-order chi connectivity index (χ1) is 7.76. The van der Waals surface area contributed by atoms with Gasteiger partial charge in [-0.1, -0.05) is 13.0 Å². The van der Waals surface area contributed by atoms with Gasteiger partial charge >= 0.3 is 0 Å². The lowest BCUT2D eigenvalue weighted by molar-refractivity contribution is 0.645. The third-order valence-corrected chi connectivity index (χ3v) is 4.04. The number of anilines is 1. The maximum Gasteiger partial charge on any atom is 0.0513 e. The molecular weight excluding hydrogens is 264 g/mol. The number of rotatable bonds is 3. The SMILES string of the molecule is CCC1CCCN1c1ccc(CN)cc1Br. The Kier molecular flexibility index (Phi) is 3.87. The molecule has 1 heterocycles. The van der Waals surface area contributed by atoms with E-state index in [-0.39, 0.29) is 0 Å². The Morgan fingerprint density at radius 2 is 2.31 bits per heavy atom. The van der Waals surface area contributed by atoms with E-state index in [0.717, 1.165) is 0 Å². The number of benzene rings is 1. The van der Waals surface area contributed by atoms with Crippen molar-refractivity contribution in [3.8, 4) is 0 Å². The summed E-state index contributed by atoms with van der Waals surface area (Å²) in [6, 6.07) is 7.17. The van der Waals surface area contributed by atoms with Crippen LogP contribution in [0.25, 0.3) is 0 Å². The van der Waals surface area contributed by atoms with Crippen LogP contribution in [0, 0.1) is 0 Å². The van der Waals surface area contributed by atoms with E-state index in [1.54, 1.807) is 0 Å². The minimum absolute atomic E-state index is 0.607. The first-order valence-electron chi connectivity index (χ1n) is 6.01. The summed E-state index contributed by atoms with van der Waals surface area (Å²) < 4.78 is 1.18. The van der Waals surface area contributed by atoms with Gasteiger partial charge in [0.1, 0.15) is 0 Å². The molecule has 1 aliphatic heterocycles. The van der Waals surface area contributed by atoms with Crippen LogP contribution < -0.4 is 10.6 Å². The second kappa shape index (κ2) is 5.19. The van der Waals surface area contributed by atoms with Crippen molar-refractivity contribution in [3.63, 3.8) is 0 Å². The summed E-state index contributed by atoms with van der Waals surface area (Å²) in [4.78, 5) is 2.52. The lowest BCUT2D eigenvalue weighted by Crippen LogP contribution is -2.28. The quantitative estimate of drug-likeness (QED) is 0.922. The molecule has 0 aromatic heterocycles. The lowest BCUT2D eigenvalue weighted by Gasteiger charge is -2.27. The third kappa shape index (κ3) is 2.25. The Morgan fingerprint density at radius 1 is 1.50 bits per heavy atom. The van der Waals surface area contributed by atoms with Crippen LogP contribution in [-0.2, 0) is 6.54 Å². The predicted octanol–water partition coefficient (Wildman–Crippen LogP) is 3.29. The van der Waals surface area contributed by atoms with Gasteiger partial charge in [-0.2, -0.15) is 0 Å². The van der Waals surface area contributed by atoms with E-state index >= 15 is 0 Å². The third-order valence-electron chi connectivity index (χ3n) is 3.41. The van der Waals surface area contributed by atoms with Crippen LogP contribution in [-0.4, -0.2) is 12.6 Å². The predicted molar refractivity (Wildman–Crippen MR) is 72.7 cm³/mol. The smallest absolute Gasteiger partial charge is 0.0513 e. The maximum absolute atomic E-state index is 5.64. The van der Waals surface area contributed by atoms with Gasteiger partial charge < -0.3 is 10.6 Å².